The van der Waals surface area contributed by atoms with E-state index >= 15 is 0 Å². The molecule has 0 heterocycles. The number of likely N-dealkylation sites (N-methyl/N-ethyl adjacent to an activating group) is 1. The lowest BCUT2D eigenvalue weighted by atomic mass is 10.1. The molecule has 0 bridgehead atoms. The van der Waals surface area contributed by atoms with Crippen molar-refractivity contribution in [2.75, 3.05) is 13.1 Å². The van der Waals surface area contributed by atoms with Gasteiger partial charge in [-0.25, -0.2) is 0 Å². The van der Waals surface area contributed by atoms with Crippen LogP contribution >= 0.6 is 12.4 Å². The number of hydrogen-bond donors (Lipinski definition) is 2. The van der Waals surface area contributed by atoms with Crippen LogP contribution in [0.3, 0.4) is 0 Å². The molecule has 0 radical (unpaired) electrons. The van der Waals surface area contributed by atoms with Crippen molar-refractivity contribution in [3.8, 4) is 0 Å². The van der Waals surface area contributed by atoms with Gasteiger partial charge in [-0.3, -0.25) is 14.9 Å². The third-order valence-corrected chi connectivity index (χ3v) is 2.87. The van der Waals surface area contributed by atoms with Gasteiger partial charge in [-0.05, 0) is 26.5 Å². The molecule has 7 heteroatoms. The molecule has 20 heavy (non-hydrogen) atoms. The average Bonchev–Trinajstić information content (AvgIpc) is 2.36. The van der Waals surface area contributed by atoms with Gasteiger partial charge < -0.3 is 10.6 Å². The average molecular weight is 302 g/mol. The van der Waals surface area contributed by atoms with E-state index in [1.54, 1.807) is 13.0 Å². The quantitative estimate of drug-likeness (QED) is 0.622. The number of amides is 1. The Balaban J connectivity index is 0.00000361. The summed E-state index contributed by atoms with van der Waals surface area (Å²) in [5.41, 5.74) is 0.700. The van der Waals surface area contributed by atoms with E-state index in [2.05, 4.69) is 10.6 Å². The van der Waals surface area contributed by atoms with Gasteiger partial charge in [-0.15, -0.1) is 12.4 Å². The molecule has 1 rings (SSSR count). The first kappa shape index (κ1) is 18.3. The van der Waals surface area contributed by atoms with Crippen molar-refractivity contribution in [1.82, 2.24) is 10.6 Å². The summed E-state index contributed by atoms with van der Waals surface area (Å²) in [7, 11) is 0. The summed E-state index contributed by atoms with van der Waals surface area (Å²) in [6.45, 7) is 6.84. The number of nitro benzene ring substituents is 1. The number of nitrogens with one attached hydrogen (secondary N) is 2. The first-order valence-corrected chi connectivity index (χ1v) is 6.23. The zero-order valence-corrected chi connectivity index (χ0v) is 12.6. The molecule has 2 N–H and O–H groups in total. The van der Waals surface area contributed by atoms with E-state index in [4.69, 9.17) is 0 Å². The van der Waals surface area contributed by atoms with Crippen LogP contribution in [0.5, 0.6) is 0 Å². The van der Waals surface area contributed by atoms with Crippen LogP contribution in [0.4, 0.5) is 5.69 Å². The third-order valence-electron chi connectivity index (χ3n) is 2.87. The highest BCUT2D eigenvalue weighted by atomic mass is 35.5. The van der Waals surface area contributed by atoms with E-state index in [0.717, 1.165) is 6.54 Å². The van der Waals surface area contributed by atoms with Crippen molar-refractivity contribution in [3.63, 3.8) is 0 Å². The van der Waals surface area contributed by atoms with Gasteiger partial charge >= 0.3 is 0 Å². The molecule has 0 aliphatic rings. The van der Waals surface area contributed by atoms with Crippen molar-refractivity contribution in [2.24, 2.45) is 0 Å². The lowest BCUT2D eigenvalue weighted by Crippen LogP contribution is -2.39. The van der Waals surface area contributed by atoms with Crippen molar-refractivity contribution in [2.45, 2.75) is 26.8 Å². The zero-order chi connectivity index (χ0) is 14.4. The number of nitrogens with zero attached hydrogens (tertiary/aromatic N) is 1. The molecule has 0 saturated heterocycles. The second kappa shape index (κ2) is 8.50. The van der Waals surface area contributed by atoms with Crippen LogP contribution in [0.1, 0.15) is 29.8 Å². The van der Waals surface area contributed by atoms with E-state index in [1.807, 2.05) is 13.8 Å². The zero-order valence-electron chi connectivity index (χ0n) is 11.8. The maximum Gasteiger partial charge on any atom is 0.273 e. The van der Waals surface area contributed by atoms with Gasteiger partial charge in [0.25, 0.3) is 11.6 Å². The molecule has 0 fully saturated rings. The summed E-state index contributed by atoms with van der Waals surface area (Å²) >= 11 is 0. The predicted molar refractivity (Wildman–Crippen MR) is 80.6 cm³/mol. The smallest absolute Gasteiger partial charge is 0.273 e. The molecule has 1 amide bonds. The van der Waals surface area contributed by atoms with E-state index in [9.17, 15) is 14.9 Å². The normalized spacial score (nSPS) is 11.3. The largest absolute Gasteiger partial charge is 0.350 e. The molecule has 6 nitrogen and oxygen atoms in total. The Bertz CT molecular complexity index is 480. The Kier molecular flexibility index (Phi) is 7.79. The molecule has 1 atom stereocenters. The van der Waals surface area contributed by atoms with Gasteiger partial charge in [0, 0.05) is 29.8 Å². The summed E-state index contributed by atoms with van der Waals surface area (Å²) in [5.74, 6) is -0.286. The van der Waals surface area contributed by atoms with Crippen LogP contribution in [0.25, 0.3) is 0 Å². The van der Waals surface area contributed by atoms with Gasteiger partial charge in [-0.2, -0.15) is 0 Å². The minimum absolute atomic E-state index is 0. The van der Waals surface area contributed by atoms with Crippen LogP contribution in [0.15, 0.2) is 18.2 Å². The van der Waals surface area contributed by atoms with Gasteiger partial charge in [-0.1, -0.05) is 13.0 Å². The molecule has 0 aliphatic heterocycles. The Morgan fingerprint density at radius 1 is 1.45 bits per heavy atom. The minimum atomic E-state index is -0.479. The predicted octanol–water partition coefficient (Wildman–Crippen LogP) is 2.05. The highest BCUT2D eigenvalue weighted by Crippen LogP contribution is 2.20. The first-order chi connectivity index (χ1) is 8.97. The van der Waals surface area contributed by atoms with Crippen LogP contribution in [-0.2, 0) is 0 Å². The number of carbonyl (C=O) groups is 1. The van der Waals surface area contributed by atoms with Crippen LogP contribution in [-0.4, -0.2) is 30.0 Å². The highest BCUT2D eigenvalue weighted by Gasteiger charge is 2.17. The molecule has 1 aromatic carbocycles. The Morgan fingerprint density at radius 3 is 2.65 bits per heavy atom. The molecule has 0 aliphatic carbocycles. The van der Waals surface area contributed by atoms with Crippen molar-refractivity contribution in [3.05, 3.63) is 39.4 Å². The first-order valence-electron chi connectivity index (χ1n) is 6.23. The fraction of sp³-hybridized carbons (Fsp3) is 0.462. The Hall–Kier alpha value is -1.66. The van der Waals surface area contributed by atoms with Gasteiger partial charge in [0.2, 0.25) is 0 Å². The SMILES string of the molecule is CCN[C@H](C)CNC(=O)c1cccc([N+](=O)[O-])c1C.Cl. The third kappa shape index (κ3) is 4.79. The maximum atomic E-state index is 12.0. The van der Waals surface area contributed by atoms with Crippen molar-refractivity contribution < 1.29 is 9.72 Å². The molecule has 1 aromatic rings. The van der Waals surface area contributed by atoms with Gasteiger partial charge in [0.05, 0.1) is 4.92 Å². The van der Waals surface area contributed by atoms with E-state index in [0.29, 0.717) is 17.7 Å². The van der Waals surface area contributed by atoms with E-state index < -0.39 is 4.92 Å². The molecule has 112 valence electrons. The fourth-order valence-electron chi connectivity index (χ4n) is 1.83. The number of halogens is 1. The standard InChI is InChI=1S/C13H19N3O3.ClH/c1-4-14-9(2)8-15-13(17)11-6-5-7-12(10(11)3)16(18)19;/h5-7,9,14H,4,8H2,1-3H3,(H,15,17);1H/t9-;/m1./s1. The summed E-state index contributed by atoms with van der Waals surface area (Å²) < 4.78 is 0. The highest BCUT2D eigenvalue weighted by molar-refractivity contribution is 5.96. The number of hydrogen-bond acceptors (Lipinski definition) is 4. The fourth-order valence-corrected chi connectivity index (χ4v) is 1.83. The Labute approximate surface area is 124 Å². The number of carbonyl (C=O) groups excluding carboxylic acids is 1. The van der Waals surface area contributed by atoms with Crippen LogP contribution in [0, 0.1) is 17.0 Å². The second-order valence-corrected chi connectivity index (χ2v) is 4.38. The lowest BCUT2D eigenvalue weighted by molar-refractivity contribution is -0.385. The van der Waals surface area contributed by atoms with Crippen molar-refractivity contribution in [1.29, 1.82) is 0 Å². The van der Waals surface area contributed by atoms with Crippen molar-refractivity contribution >= 4 is 24.0 Å². The second-order valence-electron chi connectivity index (χ2n) is 4.38. The molecule has 0 spiro atoms. The summed E-state index contributed by atoms with van der Waals surface area (Å²) in [5, 5.41) is 16.8. The Morgan fingerprint density at radius 2 is 2.10 bits per heavy atom. The van der Waals surface area contributed by atoms with Crippen LogP contribution < -0.4 is 10.6 Å². The van der Waals surface area contributed by atoms with Gasteiger partial charge in [0.15, 0.2) is 0 Å². The summed E-state index contributed by atoms with van der Waals surface area (Å²) in [6, 6.07) is 4.67. The number of benzene rings is 1. The molecule has 0 unspecified atom stereocenters. The monoisotopic (exact) mass is 301 g/mol. The van der Waals surface area contributed by atoms with E-state index in [-0.39, 0.29) is 30.0 Å². The van der Waals surface area contributed by atoms with Crippen LogP contribution in [0.2, 0.25) is 0 Å². The summed E-state index contributed by atoms with van der Waals surface area (Å²) in [4.78, 5) is 22.3. The molecular formula is C13H20ClN3O3. The molecule has 0 aromatic heterocycles. The summed E-state index contributed by atoms with van der Waals surface area (Å²) in [6.07, 6.45) is 0. The minimum Gasteiger partial charge on any atom is -0.350 e. The van der Waals surface area contributed by atoms with E-state index in [1.165, 1.54) is 12.1 Å². The maximum absolute atomic E-state index is 12.0. The topological polar surface area (TPSA) is 84.3 Å². The number of nitro groups is 1. The van der Waals surface area contributed by atoms with Gasteiger partial charge in [0.1, 0.15) is 0 Å². The molecule has 0 saturated carbocycles. The lowest BCUT2D eigenvalue weighted by Gasteiger charge is -2.14. The number of rotatable bonds is 6. The molecular weight excluding hydrogens is 282 g/mol.